The first-order valence-corrected chi connectivity index (χ1v) is 6.73. The molecule has 21 heavy (non-hydrogen) atoms. The lowest BCUT2D eigenvalue weighted by atomic mass is 10.1. The van der Waals surface area contributed by atoms with Crippen molar-refractivity contribution in [3.63, 3.8) is 0 Å². The summed E-state index contributed by atoms with van der Waals surface area (Å²) in [7, 11) is 1.90. The van der Waals surface area contributed by atoms with Gasteiger partial charge in [-0.3, -0.25) is 9.48 Å². The summed E-state index contributed by atoms with van der Waals surface area (Å²) in [6.07, 6.45) is 2.00. The van der Waals surface area contributed by atoms with Gasteiger partial charge in [-0.1, -0.05) is 6.07 Å². The average molecular weight is 288 g/mol. The Morgan fingerprint density at radius 2 is 2.29 bits per heavy atom. The number of nitrogens with zero attached hydrogens (tertiary/aromatic N) is 2. The minimum Gasteiger partial charge on any atom is -0.484 e. The molecule has 6 nitrogen and oxygen atoms in total. The Balaban J connectivity index is 2.07. The maximum Gasteiger partial charge on any atom is 0.255 e. The molecule has 1 unspecified atom stereocenters. The van der Waals surface area contributed by atoms with Gasteiger partial charge in [0.15, 0.2) is 6.61 Å². The number of rotatable bonds is 6. The molecule has 0 bridgehead atoms. The predicted octanol–water partition coefficient (Wildman–Crippen LogP) is 1.77. The molecule has 2 rings (SSSR count). The van der Waals surface area contributed by atoms with Crippen LogP contribution in [0, 0.1) is 6.92 Å². The van der Waals surface area contributed by atoms with E-state index in [0.717, 1.165) is 16.9 Å². The Bertz CT molecular complexity index is 636. The predicted molar refractivity (Wildman–Crippen MR) is 81.1 cm³/mol. The van der Waals surface area contributed by atoms with Gasteiger partial charge in [0, 0.05) is 30.6 Å². The summed E-state index contributed by atoms with van der Waals surface area (Å²) in [4.78, 5) is 10.7. The van der Waals surface area contributed by atoms with E-state index in [1.807, 2.05) is 38.4 Å². The average Bonchev–Trinajstić information content (AvgIpc) is 2.76. The minimum atomic E-state index is -0.493. The van der Waals surface area contributed by atoms with Crippen LogP contribution in [0.25, 0.3) is 0 Å². The highest BCUT2D eigenvalue weighted by molar-refractivity contribution is 5.75. The van der Waals surface area contributed by atoms with Crippen LogP contribution in [-0.2, 0) is 11.8 Å². The zero-order valence-electron chi connectivity index (χ0n) is 12.5. The van der Waals surface area contributed by atoms with Gasteiger partial charge in [0.2, 0.25) is 0 Å². The van der Waals surface area contributed by atoms with E-state index in [9.17, 15) is 4.79 Å². The third-order valence-electron chi connectivity index (χ3n) is 3.12. The third-order valence-corrected chi connectivity index (χ3v) is 3.12. The van der Waals surface area contributed by atoms with Gasteiger partial charge in [0.05, 0.1) is 11.7 Å². The fourth-order valence-corrected chi connectivity index (χ4v) is 2.20. The molecule has 0 radical (unpaired) electrons. The van der Waals surface area contributed by atoms with Gasteiger partial charge in [0.25, 0.3) is 5.91 Å². The van der Waals surface area contributed by atoms with Gasteiger partial charge >= 0.3 is 0 Å². The number of aryl methyl sites for hydroxylation is 2. The second-order valence-corrected chi connectivity index (χ2v) is 4.99. The number of hydrogen-bond donors (Lipinski definition) is 2. The quantitative estimate of drug-likeness (QED) is 0.848. The molecule has 112 valence electrons. The molecule has 1 heterocycles. The van der Waals surface area contributed by atoms with Crippen LogP contribution in [0.2, 0.25) is 0 Å². The first kappa shape index (κ1) is 14.9. The van der Waals surface area contributed by atoms with Crippen LogP contribution in [0.4, 0.5) is 5.69 Å². The highest BCUT2D eigenvalue weighted by Crippen LogP contribution is 2.24. The van der Waals surface area contributed by atoms with E-state index in [4.69, 9.17) is 10.5 Å². The maximum atomic E-state index is 10.7. The zero-order valence-corrected chi connectivity index (χ0v) is 12.5. The van der Waals surface area contributed by atoms with Crippen molar-refractivity contribution in [3.8, 4) is 5.75 Å². The van der Waals surface area contributed by atoms with E-state index in [2.05, 4.69) is 17.3 Å². The van der Waals surface area contributed by atoms with Crippen LogP contribution in [0.1, 0.15) is 24.2 Å². The Morgan fingerprint density at radius 3 is 2.90 bits per heavy atom. The second kappa shape index (κ2) is 6.30. The van der Waals surface area contributed by atoms with Crippen molar-refractivity contribution < 1.29 is 9.53 Å². The molecule has 3 N–H and O–H groups in total. The Kier molecular flexibility index (Phi) is 4.47. The first-order chi connectivity index (χ1) is 9.95. The molecule has 0 spiro atoms. The summed E-state index contributed by atoms with van der Waals surface area (Å²) >= 11 is 0. The van der Waals surface area contributed by atoms with Crippen LogP contribution in [0.15, 0.2) is 30.5 Å². The van der Waals surface area contributed by atoms with Crippen molar-refractivity contribution >= 4 is 11.6 Å². The van der Waals surface area contributed by atoms with Crippen molar-refractivity contribution in [2.45, 2.75) is 19.9 Å². The van der Waals surface area contributed by atoms with E-state index in [1.165, 1.54) is 0 Å². The molecule has 2 aromatic rings. The van der Waals surface area contributed by atoms with Crippen molar-refractivity contribution in [2.75, 3.05) is 11.9 Å². The summed E-state index contributed by atoms with van der Waals surface area (Å²) in [6.45, 7) is 3.93. The minimum absolute atomic E-state index is 0.116. The van der Waals surface area contributed by atoms with Crippen molar-refractivity contribution in [2.24, 2.45) is 12.8 Å². The number of nitrogens with two attached hydrogens (primary N) is 1. The Hall–Kier alpha value is -2.50. The fourth-order valence-electron chi connectivity index (χ4n) is 2.20. The lowest BCUT2D eigenvalue weighted by Gasteiger charge is -2.15. The number of amides is 1. The molecule has 0 saturated heterocycles. The van der Waals surface area contributed by atoms with Gasteiger partial charge in [-0.2, -0.15) is 5.10 Å². The van der Waals surface area contributed by atoms with Gasteiger partial charge in [-0.15, -0.1) is 0 Å². The smallest absolute Gasteiger partial charge is 0.255 e. The Morgan fingerprint density at radius 1 is 1.52 bits per heavy atom. The monoisotopic (exact) mass is 288 g/mol. The number of carbonyl (C=O) groups is 1. The first-order valence-electron chi connectivity index (χ1n) is 6.73. The van der Waals surface area contributed by atoms with Crippen molar-refractivity contribution in [1.29, 1.82) is 0 Å². The number of primary amides is 1. The zero-order chi connectivity index (χ0) is 15.4. The lowest BCUT2D eigenvalue weighted by molar-refractivity contribution is -0.119. The molecule has 0 aliphatic carbocycles. The molecule has 1 atom stereocenters. The number of nitrogens with one attached hydrogen (secondary N) is 1. The van der Waals surface area contributed by atoms with Gasteiger partial charge in [0.1, 0.15) is 5.75 Å². The van der Waals surface area contributed by atoms with Gasteiger partial charge in [-0.25, -0.2) is 0 Å². The fraction of sp³-hybridized carbons (Fsp3) is 0.333. The molecule has 0 saturated carbocycles. The number of hydrogen-bond acceptors (Lipinski definition) is 4. The molecule has 0 aliphatic rings. The highest BCUT2D eigenvalue weighted by atomic mass is 16.5. The van der Waals surface area contributed by atoms with Crippen molar-refractivity contribution in [3.05, 3.63) is 41.7 Å². The van der Waals surface area contributed by atoms with Crippen LogP contribution in [-0.4, -0.2) is 22.3 Å². The largest absolute Gasteiger partial charge is 0.484 e. The van der Waals surface area contributed by atoms with Crippen LogP contribution in [0.3, 0.4) is 0 Å². The molecule has 1 amide bonds. The lowest BCUT2D eigenvalue weighted by Crippen LogP contribution is -2.20. The number of carbonyl (C=O) groups excluding carboxylic acids is 1. The topological polar surface area (TPSA) is 82.2 Å². The standard InChI is InChI=1S/C15H20N4O2/c1-10(14-8-19(3)18-11(14)2)17-12-5-4-6-13(7-12)21-9-15(16)20/h4-8,10,17H,9H2,1-3H3,(H2,16,20). The van der Waals surface area contributed by atoms with Crippen LogP contribution < -0.4 is 15.8 Å². The molecule has 0 aliphatic heterocycles. The van der Waals surface area contributed by atoms with E-state index in [-0.39, 0.29) is 12.6 Å². The van der Waals surface area contributed by atoms with E-state index >= 15 is 0 Å². The summed E-state index contributed by atoms with van der Waals surface area (Å²) < 4.78 is 7.09. The summed E-state index contributed by atoms with van der Waals surface area (Å²) in [5, 5.41) is 7.73. The van der Waals surface area contributed by atoms with Crippen molar-refractivity contribution in [1.82, 2.24) is 9.78 Å². The summed E-state index contributed by atoms with van der Waals surface area (Å²) in [5.74, 6) is 0.113. The molecule has 0 fully saturated rings. The normalized spacial score (nSPS) is 12.0. The van der Waals surface area contributed by atoms with Crippen LogP contribution >= 0.6 is 0 Å². The molecular weight excluding hydrogens is 268 g/mol. The van der Waals surface area contributed by atoms with Gasteiger partial charge in [-0.05, 0) is 26.0 Å². The number of benzene rings is 1. The van der Waals surface area contributed by atoms with Gasteiger partial charge < -0.3 is 15.8 Å². The SMILES string of the molecule is Cc1nn(C)cc1C(C)Nc1cccc(OCC(N)=O)c1. The summed E-state index contributed by atoms with van der Waals surface area (Å²) in [5.41, 5.74) is 8.11. The number of anilines is 1. The number of ether oxygens (including phenoxy) is 1. The van der Waals surface area contributed by atoms with E-state index in [1.54, 1.807) is 10.7 Å². The highest BCUT2D eigenvalue weighted by Gasteiger charge is 2.11. The second-order valence-electron chi connectivity index (χ2n) is 4.99. The Labute approximate surface area is 123 Å². The summed E-state index contributed by atoms with van der Waals surface area (Å²) in [6, 6.07) is 7.55. The molecular formula is C15H20N4O2. The third kappa shape index (κ3) is 3.98. The van der Waals surface area contributed by atoms with Crippen LogP contribution in [0.5, 0.6) is 5.75 Å². The number of aromatic nitrogens is 2. The maximum absolute atomic E-state index is 10.7. The van der Waals surface area contributed by atoms with E-state index < -0.39 is 5.91 Å². The molecule has 1 aromatic carbocycles. The van der Waals surface area contributed by atoms with E-state index in [0.29, 0.717) is 5.75 Å². The molecule has 6 heteroatoms. The molecule has 1 aromatic heterocycles.